The van der Waals surface area contributed by atoms with E-state index in [2.05, 4.69) is 5.32 Å². The van der Waals surface area contributed by atoms with E-state index in [0.29, 0.717) is 17.9 Å². The molecule has 0 saturated carbocycles. The fourth-order valence-corrected chi connectivity index (χ4v) is 4.11. The Labute approximate surface area is 171 Å². The predicted molar refractivity (Wildman–Crippen MR) is 109 cm³/mol. The Hall–Kier alpha value is -2.42. The van der Waals surface area contributed by atoms with Gasteiger partial charge in [0.1, 0.15) is 11.8 Å². The zero-order valence-corrected chi connectivity index (χ0v) is 17.7. The number of Topliss-reactive ketones (excluding diaryl/α,β-unsaturated/α-hetero) is 1. The number of nitrogens with one attached hydrogen (secondary N) is 1. The van der Waals surface area contributed by atoms with E-state index in [-0.39, 0.29) is 49.1 Å². The minimum Gasteiger partial charge on any atom is -0.494 e. The number of hydrogen-bond acceptors (Lipinski definition) is 6. The number of nitrogens with zero attached hydrogens (tertiary/aromatic N) is 1. The van der Waals surface area contributed by atoms with Crippen LogP contribution in [-0.4, -0.2) is 68.2 Å². The first-order valence-electron chi connectivity index (χ1n) is 9.76. The first-order valence-corrected chi connectivity index (χ1v) is 11.6. The largest absolute Gasteiger partial charge is 0.494 e. The fourth-order valence-electron chi connectivity index (χ4n) is 2.91. The van der Waals surface area contributed by atoms with Crippen LogP contribution in [0.2, 0.25) is 0 Å². The summed E-state index contributed by atoms with van der Waals surface area (Å²) in [6.07, 6.45) is 0.899. The molecule has 160 valence electrons. The van der Waals surface area contributed by atoms with Crippen molar-refractivity contribution in [3.63, 3.8) is 0 Å². The van der Waals surface area contributed by atoms with E-state index < -0.39 is 21.8 Å². The monoisotopic (exact) mass is 424 g/mol. The second-order valence-electron chi connectivity index (χ2n) is 7.06. The second kappa shape index (κ2) is 10.4. The maximum Gasteiger partial charge on any atom is 0.244 e. The van der Waals surface area contributed by atoms with Gasteiger partial charge in [-0.25, -0.2) is 8.42 Å². The second-order valence-corrected chi connectivity index (χ2v) is 9.37. The average molecular weight is 425 g/mol. The third-order valence-corrected chi connectivity index (χ3v) is 6.24. The van der Waals surface area contributed by atoms with Crippen molar-refractivity contribution < 1.29 is 27.5 Å². The third kappa shape index (κ3) is 7.16. The summed E-state index contributed by atoms with van der Waals surface area (Å²) in [6, 6.07) is 6.02. The van der Waals surface area contributed by atoms with Gasteiger partial charge in [0.15, 0.2) is 15.6 Å². The minimum atomic E-state index is -3.08. The average Bonchev–Trinajstić information content (AvgIpc) is 2.70. The summed E-state index contributed by atoms with van der Waals surface area (Å²) < 4.78 is 28.4. The van der Waals surface area contributed by atoms with E-state index in [1.54, 1.807) is 31.2 Å². The molecule has 2 rings (SSSR count). The van der Waals surface area contributed by atoms with Crippen LogP contribution in [0.25, 0.3) is 0 Å². The van der Waals surface area contributed by atoms with Crippen molar-refractivity contribution in [3.8, 4) is 5.75 Å². The number of carbonyl (C=O) groups excluding carboxylic acids is 3. The topological polar surface area (TPSA) is 110 Å². The standard InChI is InChI=1S/C20H28N2O6S/c1-3-12-28-17-6-4-16(5-7-17)18(23)8-9-19(24)21-15(2)20(25)22-10-13-29(26,27)14-11-22/h4-7,15H,3,8-14H2,1-2H3,(H,21,24). The maximum absolute atomic E-state index is 12.3. The lowest BCUT2D eigenvalue weighted by Gasteiger charge is -2.29. The molecule has 1 N–H and O–H groups in total. The van der Waals surface area contributed by atoms with Gasteiger partial charge in [-0.05, 0) is 37.6 Å². The Kier molecular flexibility index (Phi) is 8.19. The molecule has 1 aliphatic rings. The molecule has 1 aliphatic heterocycles. The quantitative estimate of drug-likeness (QED) is 0.597. The molecular formula is C20H28N2O6S. The molecular weight excluding hydrogens is 396 g/mol. The Bertz CT molecular complexity index is 821. The first kappa shape index (κ1) is 22.9. The number of benzene rings is 1. The molecule has 29 heavy (non-hydrogen) atoms. The summed E-state index contributed by atoms with van der Waals surface area (Å²) in [5.74, 6) is -0.304. The SMILES string of the molecule is CCCOc1ccc(C(=O)CCC(=O)NC(C)C(=O)N2CCS(=O)(=O)CC2)cc1. The van der Waals surface area contributed by atoms with Crippen molar-refractivity contribution in [1.29, 1.82) is 0 Å². The molecule has 1 heterocycles. The molecule has 0 bridgehead atoms. The van der Waals surface area contributed by atoms with Crippen LogP contribution in [0, 0.1) is 0 Å². The van der Waals surface area contributed by atoms with E-state index in [0.717, 1.165) is 6.42 Å². The highest BCUT2D eigenvalue weighted by atomic mass is 32.2. The van der Waals surface area contributed by atoms with Crippen molar-refractivity contribution >= 4 is 27.4 Å². The van der Waals surface area contributed by atoms with Crippen LogP contribution in [0.4, 0.5) is 0 Å². The summed E-state index contributed by atoms with van der Waals surface area (Å²) in [7, 11) is -3.08. The highest BCUT2D eigenvalue weighted by Gasteiger charge is 2.28. The van der Waals surface area contributed by atoms with Crippen LogP contribution in [0.1, 0.15) is 43.5 Å². The van der Waals surface area contributed by atoms with Gasteiger partial charge in [0.25, 0.3) is 0 Å². The lowest BCUT2D eigenvalue weighted by Crippen LogP contribution is -2.51. The first-order chi connectivity index (χ1) is 13.7. The van der Waals surface area contributed by atoms with Crippen molar-refractivity contribution in [2.24, 2.45) is 0 Å². The minimum absolute atomic E-state index is 0.0289. The van der Waals surface area contributed by atoms with Gasteiger partial charge in [-0.15, -0.1) is 0 Å². The van der Waals surface area contributed by atoms with Gasteiger partial charge in [0, 0.05) is 31.5 Å². The van der Waals surface area contributed by atoms with Crippen molar-refractivity contribution in [1.82, 2.24) is 10.2 Å². The molecule has 1 atom stereocenters. The van der Waals surface area contributed by atoms with Crippen molar-refractivity contribution in [2.75, 3.05) is 31.2 Å². The molecule has 1 aromatic rings. The molecule has 9 heteroatoms. The molecule has 2 amide bonds. The van der Waals surface area contributed by atoms with Gasteiger partial charge < -0.3 is 15.0 Å². The fraction of sp³-hybridized carbons (Fsp3) is 0.550. The summed E-state index contributed by atoms with van der Waals surface area (Å²) in [5.41, 5.74) is 0.500. The van der Waals surface area contributed by atoms with E-state index >= 15 is 0 Å². The Morgan fingerprint density at radius 1 is 1.10 bits per heavy atom. The summed E-state index contributed by atoms with van der Waals surface area (Å²) in [5, 5.41) is 2.58. The number of sulfone groups is 1. The van der Waals surface area contributed by atoms with E-state index in [4.69, 9.17) is 4.74 Å². The van der Waals surface area contributed by atoms with Crippen LogP contribution in [0.15, 0.2) is 24.3 Å². The van der Waals surface area contributed by atoms with Gasteiger partial charge in [-0.3, -0.25) is 14.4 Å². The zero-order valence-electron chi connectivity index (χ0n) is 16.8. The number of carbonyl (C=O) groups is 3. The van der Waals surface area contributed by atoms with Crippen LogP contribution >= 0.6 is 0 Å². The van der Waals surface area contributed by atoms with E-state index in [1.807, 2.05) is 6.92 Å². The third-order valence-electron chi connectivity index (χ3n) is 4.63. The predicted octanol–water partition coefficient (Wildman–Crippen LogP) is 1.20. The normalized spacial score (nSPS) is 16.7. The zero-order chi connectivity index (χ0) is 21.4. The number of ether oxygens (including phenoxy) is 1. The van der Waals surface area contributed by atoms with Crippen LogP contribution in [0.5, 0.6) is 5.75 Å². The van der Waals surface area contributed by atoms with E-state index in [9.17, 15) is 22.8 Å². The number of rotatable bonds is 9. The lowest BCUT2D eigenvalue weighted by atomic mass is 10.1. The number of ketones is 1. The molecule has 1 aromatic carbocycles. The molecule has 0 spiro atoms. The molecule has 1 unspecified atom stereocenters. The van der Waals surface area contributed by atoms with Crippen LogP contribution in [-0.2, 0) is 19.4 Å². The molecule has 0 aromatic heterocycles. The number of amides is 2. The number of hydrogen-bond donors (Lipinski definition) is 1. The highest BCUT2D eigenvalue weighted by molar-refractivity contribution is 7.91. The van der Waals surface area contributed by atoms with Gasteiger partial charge >= 0.3 is 0 Å². The van der Waals surface area contributed by atoms with E-state index in [1.165, 1.54) is 4.90 Å². The highest BCUT2D eigenvalue weighted by Crippen LogP contribution is 2.14. The summed E-state index contributed by atoms with van der Waals surface area (Å²) >= 11 is 0. The van der Waals surface area contributed by atoms with Gasteiger partial charge in [-0.2, -0.15) is 0 Å². The molecule has 0 aliphatic carbocycles. The smallest absolute Gasteiger partial charge is 0.244 e. The summed E-state index contributed by atoms with van der Waals surface area (Å²) in [6.45, 7) is 4.45. The Balaban J connectivity index is 1.77. The molecule has 0 radical (unpaired) electrons. The van der Waals surface area contributed by atoms with Gasteiger partial charge in [0.2, 0.25) is 11.8 Å². The van der Waals surface area contributed by atoms with Gasteiger partial charge in [-0.1, -0.05) is 6.92 Å². The van der Waals surface area contributed by atoms with Crippen molar-refractivity contribution in [2.45, 2.75) is 39.2 Å². The van der Waals surface area contributed by atoms with Gasteiger partial charge in [0.05, 0.1) is 18.1 Å². The van der Waals surface area contributed by atoms with Crippen molar-refractivity contribution in [3.05, 3.63) is 29.8 Å². The molecule has 8 nitrogen and oxygen atoms in total. The summed E-state index contributed by atoms with van der Waals surface area (Å²) in [4.78, 5) is 38.1. The Morgan fingerprint density at radius 3 is 2.31 bits per heavy atom. The lowest BCUT2D eigenvalue weighted by molar-refractivity contribution is -0.135. The molecule has 1 saturated heterocycles. The van der Waals surface area contributed by atoms with Crippen LogP contribution < -0.4 is 10.1 Å². The maximum atomic E-state index is 12.3. The van der Waals surface area contributed by atoms with Crippen LogP contribution in [0.3, 0.4) is 0 Å². The molecule has 1 fully saturated rings. The Morgan fingerprint density at radius 2 is 1.72 bits per heavy atom.